The maximum absolute atomic E-state index is 13.0. The fourth-order valence-corrected chi connectivity index (χ4v) is 5.54. The zero-order valence-electron chi connectivity index (χ0n) is 22.0. The lowest BCUT2D eigenvalue weighted by Crippen LogP contribution is -2.38. The lowest BCUT2D eigenvalue weighted by atomic mass is 10.1. The van der Waals surface area contributed by atoms with Gasteiger partial charge in [0.2, 0.25) is 11.9 Å². The lowest BCUT2D eigenvalue weighted by molar-refractivity contribution is -0.118. The number of hydrogen-bond acceptors (Lipinski definition) is 11. The molecule has 1 aliphatic heterocycles. The molecule has 0 aliphatic carbocycles. The molecule has 1 fully saturated rings. The lowest BCUT2D eigenvalue weighted by Gasteiger charge is -2.22. The number of rotatable bonds is 8. The molecule has 1 aliphatic rings. The topological polar surface area (TPSA) is 178 Å². The molecule has 212 valence electrons. The Balaban J connectivity index is 1.46. The second kappa shape index (κ2) is 11.9. The molecule has 0 unspecified atom stereocenters. The van der Waals surface area contributed by atoms with Crippen molar-refractivity contribution < 1.29 is 29.0 Å². The second-order valence-electron chi connectivity index (χ2n) is 9.52. The predicted molar refractivity (Wildman–Crippen MR) is 148 cm³/mol. The van der Waals surface area contributed by atoms with Crippen LogP contribution in [0.25, 0.3) is 11.2 Å². The summed E-state index contributed by atoms with van der Waals surface area (Å²) in [6, 6.07) is 16.6. The maximum Gasteiger partial charge on any atom is 0.338 e. The number of aromatic amines is 1. The number of nitrogens with zero attached hydrogens (tertiary/aromatic N) is 4. The van der Waals surface area contributed by atoms with Gasteiger partial charge in [-0.25, -0.2) is 14.3 Å². The highest BCUT2D eigenvalue weighted by atomic mass is 32.2. The van der Waals surface area contributed by atoms with Crippen LogP contribution in [0.3, 0.4) is 0 Å². The average molecular weight is 579 g/mol. The summed E-state index contributed by atoms with van der Waals surface area (Å²) in [5, 5.41) is 20.2. The molecular weight excluding hydrogens is 552 g/mol. The molecule has 0 spiro atoms. The van der Waals surface area contributed by atoms with Crippen molar-refractivity contribution in [3.63, 3.8) is 0 Å². The molecule has 5 rings (SSSR count). The van der Waals surface area contributed by atoms with Gasteiger partial charge >= 0.3 is 11.9 Å². The first-order chi connectivity index (χ1) is 19.7. The van der Waals surface area contributed by atoms with Crippen molar-refractivity contribution >= 4 is 46.7 Å². The number of fused-ring (bicyclic) bond motifs is 1. The maximum atomic E-state index is 13.0. The Morgan fingerprint density at radius 3 is 2.32 bits per heavy atom. The predicted octanol–water partition coefficient (Wildman–Crippen LogP) is 2.17. The van der Waals surface area contributed by atoms with E-state index in [1.807, 2.05) is 0 Å². The molecule has 3 N–H and O–H groups in total. The van der Waals surface area contributed by atoms with Crippen molar-refractivity contribution in [3.8, 4) is 0 Å². The molecule has 13 nitrogen and oxygen atoms in total. The third-order valence-electron chi connectivity index (χ3n) is 6.30. The smallest absolute Gasteiger partial charge is 0.338 e. The van der Waals surface area contributed by atoms with Crippen LogP contribution in [0.4, 0.5) is 5.95 Å². The summed E-state index contributed by atoms with van der Waals surface area (Å²) in [7, 11) is 0. The summed E-state index contributed by atoms with van der Waals surface area (Å²) in [5.41, 5.74) is -0.153. The minimum Gasteiger partial charge on any atom is -0.461 e. The molecule has 0 bridgehead atoms. The van der Waals surface area contributed by atoms with E-state index in [0.717, 1.165) is 11.8 Å². The summed E-state index contributed by atoms with van der Waals surface area (Å²) >= 11 is 1.12. The van der Waals surface area contributed by atoms with E-state index in [1.165, 1.54) is 4.68 Å². The van der Waals surface area contributed by atoms with E-state index in [1.54, 1.807) is 74.5 Å². The van der Waals surface area contributed by atoms with E-state index in [2.05, 4.69) is 25.6 Å². The number of H-pyrrole nitrogens is 1. The number of benzene rings is 2. The Morgan fingerprint density at radius 2 is 1.68 bits per heavy atom. The van der Waals surface area contributed by atoms with Crippen molar-refractivity contribution in [3.05, 3.63) is 82.1 Å². The van der Waals surface area contributed by atoms with E-state index < -0.39 is 40.3 Å². The van der Waals surface area contributed by atoms with Gasteiger partial charge in [0.15, 0.2) is 17.3 Å². The number of carbonyl (C=O) groups excluding carboxylic acids is 3. The molecule has 41 heavy (non-hydrogen) atoms. The van der Waals surface area contributed by atoms with Crippen LogP contribution in [0.15, 0.2) is 65.5 Å². The highest BCUT2D eigenvalue weighted by Gasteiger charge is 2.49. The van der Waals surface area contributed by atoms with Gasteiger partial charge in [-0.1, -0.05) is 55.5 Å². The molecule has 4 atom stereocenters. The third-order valence-corrected chi connectivity index (χ3v) is 7.81. The highest BCUT2D eigenvalue weighted by molar-refractivity contribution is 8.00. The number of thioether (sulfide) groups is 1. The van der Waals surface area contributed by atoms with Gasteiger partial charge in [0.25, 0.3) is 5.56 Å². The molecule has 1 amide bonds. The van der Waals surface area contributed by atoms with Crippen LogP contribution in [0.2, 0.25) is 0 Å². The van der Waals surface area contributed by atoms with Crippen LogP contribution < -0.4 is 10.9 Å². The molecule has 0 saturated carbocycles. The van der Waals surface area contributed by atoms with Crippen molar-refractivity contribution in [2.45, 2.75) is 36.7 Å². The van der Waals surface area contributed by atoms with Gasteiger partial charge in [-0.15, -0.1) is 16.9 Å². The van der Waals surface area contributed by atoms with Gasteiger partial charge in [0, 0.05) is 5.92 Å². The zero-order chi connectivity index (χ0) is 29.1. The molecule has 2 aromatic carbocycles. The van der Waals surface area contributed by atoms with Crippen LogP contribution >= 0.6 is 11.8 Å². The number of amides is 1. The summed E-state index contributed by atoms with van der Waals surface area (Å²) in [5.74, 6) is -2.13. The number of hydrogen-bond donors (Lipinski definition) is 3. The Labute approximate surface area is 237 Å². The minimum atomic E-state index is -1.29. The Bertz CT molecular complexity index is 1630. The molecule has 4 aromatic rings. The molecule has 1 saturated heterocycles. The van der Waals surface area contributed by atoms with Gasteiger partial charge < -0.3 is 14.6 Å². The van der Waals surface area contributed by atoms with Gasteiger partial charge in [0.05, 0.1) is 16.4 Å². The zero-order valence-corrected chi connectivity index (χ0v) is 22.8. The Hall–Kier alpha value is -4.56. The molecule has 0 radical (unpaired) electrons. The van der Waals surface area contributed by atoms with E-state index >= 15 is 0 Å². The number of aliphatic hydroxyl groups excluding tert-OH is 1. The number of aliphatic hydroxyl groups is 1. The first kappa shape index (κ1) is 28.0. The minimum absolute atomic E-state index is 0.000182. The summed E-state index contributed by atoms with van der Waals surface area (Å²) in [6.07, 6.45) is -2.48. The number of ether oxygens (including phenoxy) is 2. The van der Waals surface area contributed by atoms with E-state index in [0.29, 0.717) is 5.56 Å². The van der Waals surface area contributed by atoms with Crippen LogP contribution in [0.1, 0.15) is 39.9 Å². The summed E-state index contributed by atoms with van der Waals surface area (Å²) in [4.78, 5) is 57.2. The van der Waals surface area contributed by atoms with Crippen LogP contribution in [0.5, 0.6) is 0 Å². The summed E-state index contributed by atoms with van der Waals surface area (Å²) < 4.78 is 12.5. The van der Waals surface area contributed by atoms with Gasteiger partial charge in [-0.3, -0.25) is 19.9 Å². The highest BCUT2D eigenvalue weighted by Crippen LogP contribution is 2.44. The van der Waals surface area contributed by atoms with Gasteiger partial charge in [-0.05, 0) is 24.3 Å². The van der Waals surface area contributed by atoms with Gasteiger partial charge in [0.1, 0.15) is 18.1 Å². The van der Waals surface area contributed by atoms with Crippen molar-refractivity contribution in [2.24, 2.45) is 5.92 Å². The van der Waals surface area contributed by atoms with Crippen LogP contribution in [-0.2, 0) is 14.3 Å². The quantitative estimate of drug-likeness (QED) is 0.261. The van der Waals surface area contributed by atoms with Crippen molar-refractivity contribution in [2.75, 3.05) is 11.9 Å². The van der Waals surface area contributed by atoms with E-state index in [4.69, 9.17) is 9.47 Å². The van der Waals surface area contributed by atoms with E-state index in [-0.39, 0.29) is 41.1 Å². The normalized spacial score (nSPS) is 20.2. The largest absolute Gasteiger partial charge is 0.461 e. The van der Waals surface area contributed by atoms with Crippen LogP contribution in [0, 0.1) is 5.92 Å². The van der Waals surface area contributed by atoms with Crippen molar-refractivity contribution in [1.82, 2.24) is 25.0 Å². The Kier molecular flexibility index (Phi) is 8.12. The molecular formula is C27H26N6O7S. The fraction of sp³-hybridized carbons (Fsp3) is 0.296. The first-order valence-electron chi connectivity index (χ1n) is 12.7. The number of carbonyl (C=O) groups is 3. The van der Waals surface area contributed by atoms with Gasteiger partial charge in [-0.2, -0.15) is 4.98 Å². The number of esters is 2. The average Bonchev–Trinajstić information content (AvgIpc) is 3.53. The monoisotopic (exact) mass is 578 g/mol. The summed E-state index contributed by atoms with van der Waals surface area (Å²) in [6.45, 7) is 3.17. The molecule has 2 aromatic heterocycles. The Morgan fingerprint density at radius 1 is 1.05 bits per heavy atom. The number of anilines is 1. The number of nitrogens with one attached hydrogen (secondary N) is 2. The SMILES string of the molecule is CC(C)C(=O)Nc1nc2c(nnn2[C@@H]2S[C@H](COC(=O)c3ccccc3)[C@@H](O)[C@H]2OC(=O)c2ccccc2)c(=O)[nH]1. The molecule has 3 heterocycles. The fourth-order valence-electron chi connectivity index (χ4n) is 4.09. The third kappa shape index (κ3) is 5.98. The first-order valence-corrected chi connectivity index (χ1v) is 13.6. The number of aromatic nitrogens is 5. The van der Waals surface area contributed by atoms with E-state index in [9.17, 15) is 24.3 Å². The second-order valence-corrected chi connectivity index (χ2v) is 10.9. The van der Waals surface area contributed by atoms with Crippen LogP contribution in [-0.4, -0.2) is 72.0 Å². The van der Waals surface area contributed by atoms with Crippen molar-refractivity contribution in [1.29, 1.82) is 0 Å². The molecule has 14 heteroatoms. The standard InChI is InChI=1S/C27H26N6O7S/c1-14(2)22(35)29-27-28-21-18(23(36)30-27)31-32-33(21)24-20(40-26(38)16-11-7-4-8-12-16)19(34)17(41-24)13-39-25(37)15-9-5-3-6-10-15/h3-12,14,17,19-20,24,34H,13H2,1-2H3,(H2,28,29,30,35,36)/t17-,19-,20-,24-/m1/s1.